The highest BCUT2D eigenvalue weighted by atomic mass is 16.3. The maximum atomic E-state index is 11.6. The van der Waals surface area contributed by atoms with Crippen LogP contribution in [0.2, 0.25) is 0 Å². The lowest BCUT2D eigenvalue weighted by atomic mass is 10.1. The van der Waals surface area contributed by atoms with Crippen molar-refractivity contribution in [2.24, 2.45) is 10.7 Å². The third-order valence-corrected chi connectivity index (χ3v) is 2.25. The van der Waals surface area contributed by atoms with Gasteiger partial charge in [0.1, 0.15) is 11.3 Å². The molecular formula is C11H9N3O3. The molecule has 0 fully saturated rings. The van der Waals surface area contributed by atoms with Gasteiger partial charge in [-0.15, -0.1) is 0 Å². The summed E-state index contributed by atoms with van der Waals surface area (Å²) in [5, 5.41) is 10.4. The van der Waals surface area contributed by atoms with Crippen molar-refractivity contribution in [2.75, 3.05) is 0 Å². The highest BCUT2D eigenvalue weighted by Gasteiger charge is 2.09. The van der Waals surface area contributed by atoms with Crippen LogP contribution >= 0.6 is 0 Å². The summed E-state index contributed by atoms with van der Waals surface area (Å²) >= 11 is 0. The molecule has 1 aromatic heterocycles. The van der Waals surface area contributed by atoms with Gasteiger partial charge in [0.2, 0.25) is 0 Å². The molecule has 0 aliphatic rings. The molecule has 0 spiro atoms. The second kappa shape index (κ2) is 4.09. The predicted molar refractivity (Wildman–Crippen MR) is 63.4 cm³/mol. The third kappa shape index (κ3) is 2.00. The van der Waals surface area contributed by atoms with Gasteiger partial charge in [0, 0.05) is 11.6 Å². The number of fused-ring (bicyclic) bond motifs is 1. The highest BCUT2D eigenvalue weighted by Crippen LogP contribution is 2.23. The first-order valence-corrected chi connectivity index (χ1v) is 4.77. The fourth-order valence-electron chi connectivity index (χ4n) is 1.49. The molecular weight excluding hydrogens is 222 g/mol. The van der Waals surface area contributed by atoms with Crippen molar-refractivity contribution in [3.05, 3.63) is 40.2 Å². The Bertz CT molecular complexity index is 673. The third-order valence-electron chi connectivity index (χ3n) is 2.25. The van der Waals surface area contributed by atoms with E-state index in [-0.39, 0.29) is 11.3 Å². The standard InChI is InChI=1S/C11H9N3O3/c12-11(17)13-5-7-9(15)6-3-1-2-4-8(6)14-10(7)16/h1-5H,(H2,12,17)(H2,14,15,16). The molecule has 6 nitrogen and oxygen atoms in total. The summed E-state index contributed by atoms with van der Waals surface area (Å²) in [4.78, 5) is 27.9. The van der Waals surface area contributed by atoms with Crippen LogP contribution in [0.3, 0.4) is 0 Å². The van der Waals surface area contributed by atoms with E-state index in [1.165, 1.54) is 0 Å². The Labute approximate surface area is 95.4 Å². The van der Waals surface area contributed by atoms with Gasteiger partial charge >= 0.3 is 6.03 Å². The number of nitrogens with zero attached hydrogens (tertiary/aromatic N) is 1. The van der Waals surface area contributed by atoms with Crippen molar-refractivity contribution >= 4 is 23.1 Å². The molecule has 0 saturated carbocycles. The molecule has 17 heavy (non-hydrogen) atoms. The van der Waals surface area contributed by atoms with Crippen LogP contribution < -0.4 is 11.3 Å². The molecule has 0 saturated heterocycles. The van der Waals surface area contributed by atoms with E-state index in [9.17, 15) is 14.7 Å². The molecule has 6 heteroatoms. The minimum Gasteiger partial charge on any atom is -0.506 e. The highest BCUT2D eigenvalue weighted by molar-refractivity contribution is 5.97. The summed E-state index contributed by atoms with van der Waals surface area (Å²) in [7, 11) is 0. The number of aromatic nitrogens is 1. The number of pyridine rings is 1. The van der Waals surface area contributed by atoms with Crippen molar-refractivity contribution in [3.63, 3.8) is 0 Å². The number of hydrogen-bond acceptors (Lipinski definition) is 3. The summed E-state index contributed by atoms with van der Waals surface area (Å²) < 4.78 is 0. The molecule has 0 aliphatic carbocycles. The molecule has 0 atom stereocenters. The fraction of sp³-hybridized carbons (Fsp3) is 0. The van der Waals surface area contributed by atoms with E-state index in [4.69, 9.17) is 5.73 Å². The van der Waals surface area contributed by atoms with E-state index >= 15 is 0 Å². The first-order valence-electron chi connectivity index (χ1n) is 4.77. The number of para-hydroxylation sites is 1. The van der Waals surface area contributed by atoms with E-state index in [2.05, 4.69) is 9.98 Å². The number of benzene rings is 1. The number of rotatable bonds is 1. The van der Waals surface area contributed by atoms with E-state index in [1.807, 2.05) is 0 Å². The number of nitrogens with two attached hydrogens (primary N) is 1. The van der Waals surface area contributed by atoms with E-state index in [0.717, 1.165) is 6.21 Å². The molecule has 0 radical (unpaired) electrons. The van der Waals surface area contributed by atoms with Gasteiger partial charge < -0.3 is 15.8 Å². The molecule has 1 heterocycles. The summed E-state index contributed by atoms with van der Waals surface area (Å²) in [6, 6.07) is 5.81. The van der Waals surface area contributed by atoms with Crippen LogP contribution in [0.25, 0.3) is 10.9 Å². The van der Waals surface area contributed by atoms with Crippen molar-refractivity contribution in [3.8, 4) is 5.75 Å². The number of carbonyl (C=O) groups excluding carboxylic acids is 1. The minimum atomic E-state index is -0.933. The summed E-state index contributed by atoms with van der Waals surface area (Å²) in [6.45, 7) is 0. The Kier molecular flexibility index (Phi) is 2.61. The summed E-state index contributed by atoms with van der Waals surface area (Å²) in [6.07, 6.45) is 0.947. The number of primary amides is 1. The Morgan fingerprint density at radius 1 is 1.41 bits per heavy atom. The number of hydrogen-bond donors (Lipinski definition) is 3. The fourth-order valence-corrected chi connectivity index (χ4v) is 1.49. The second-order valence-electron chi connectivity index (χ2n) is 3.36. The number of carbonyl (C=O) groups is 1. The van der Waals surface area contributed by atoms with Gasteiger partial charge in [-0.3, -0.25) is 4.79 Å². The molecule has 2 amide bonds. The topological polar surface area (TPSA) is 109 Å². The first kappa shape index (κ1) is 10.9. The number of aromatic amines is 1. The predicted octanol–water partition coefficient (Wildman–Crippen LogP) is 0.731. The molecule has 0 unspecified atom stereocenters. The first-order chi connectivity index (χ1) is 8.09. The number of nitrogens with one attached hydrogen (secondary N) is 1. The van der Waals surface area contributed by atoms with Gasteiger partial charge in [-0.1, -0.05) is 12.1 Å². The minimum absolute atomic E-state index is 0.0949. The average molecular weight is 231 g/mol. The number of H-pyrrole nitrogens is 1. The summed E-state index contributed by atoms with van der Waals surface area (Å²) in [5.41, 5.74) is 4.70. The van der Waals surface area contributed by atoms with Crippen molar-refractivity contribution in [1.82, 2.24) is 4.98 Å². The van der Waals surface area contributed by atoms with Crippen LogP contribution in [0, 0.1) is 0 Å². The molecule has 1 aromatic carbocycles. The van der Waals surface area contributed by atoms with Crippen molar-refractivity contribution in [1.29, 1.82) is 0 Å². The van der Waals surface area contributed by atoms with Gasteiger partial charge in [-0.2, -0.15) is 0 Å². The molecule has 4 N–H and O–H groups in total. The van der Waals surface area contributed by atoms with Crippen molar-refractivity contribution in [2.45, 2.75) is 0 Å². The summed E-state index contributed by atoms with van der Waals surface area (Å²) in [5.74, 6) is -0.227. The Hall–Kier alpha value is -2.63. The molecule has 0 aliphatic heterocycles. The molecule has 0 bridgehead atoms. The zero-order chi connectivity index (χ0) is 12.4. The Balaban J connectivity index is 2.72. The van der Waals surface area contributed by atoms with E-state index in [0.29, 0.717) is 10.9 Å². The number of aromatic hydroxyl groups is 1. The van der Waals surface area contributed by atoms with Crippen LogP contribution in [0.4, 0.5) is 4.79 Å². The molecule has 2 rings (SSSR count). The van der Waals surface area contributed by atoms with E-state index < -0.39 is 11.6 Å². The van der Waals surface area contributed by atoms with Gasteiger partial charge in [-0.25, -0.2) is 9.79 Å². The van der Waals surface area contributed by atoms with Gasteiger partial charge in [-0.05, 0) is 12.1 Å². The maximum absolute atomic E-state index is 11.6. The van der Waals surface area contributed by atoms with Crippen LogP contribution in [-0.2, 0) is 0 Å². The zero-order valence-corrected chi connectivity index (χ0v) is 8.68. The van der Waals surface area contributed by atoms with Crippen LogP contribution in [0.5, 0.6) is 5.75 Å². The number of urea groups is 1. The van der Waals surface area contributed by atoms with Crippen molar-refractivity contribution < 1.29 is 9.90 Å². The molecule has 2 aromatic rings. The van der Waals surface area contributed by atoms with Crippen LogP contribution in [0.15, 0.2) is 34.1 Å². The number of amides is 2. The SMILES string of the molecule is NC(=O)N=Cc1c(O)c2ccccc2[nH]c1=O. The largest absolute Gasteiger partial charge is 0.506 e. The Morgan fingerprint density at radius 2 is 2.12 bits per heavy atom. The lowest BCUT2D eigenvalue weighted by molar-refractivity contribution is 0.257. The normalized spacial score (nSPS) is 11.1. The second-order valence-corrected chi connectivity index (χ2v) is 3.36. The molecule has 86 valence electrons. The lowest BCUT2D eigenvalue weighted by Gasteiger charge is -2.02. The number of aliphatic imine (C=N–C) groups is 1. The van der Waals surface area contributed by atoms with Crippen LogP contribution in [-0.4, -0.2) is 22.3 Å². The Morgan fingerprint density at radius 3 is 2.82 bits per heavy atom. The quantitative estimate of drug-likeness (QED) is 0.629. The average Bonchev–Trinajstić information content (AvgIpc) is 2.28. The van der Waals surface area contributed by atoms with Gasteiger partial charge in [0.25, 0.3) is 5.56 Å². The zero-order valence-electron chi connectivity index (χ0n) is 8.68. The van der Waals surface area contributed by atoms with E-state index in [1.54, 1.807) is 24.3 Å². The monoisotopic (exact) mass is 231 g/mol. The van der Waals surface area contributed by atoms with Crippen LogP contribution in [0.1, 0.15) is 5.56 Å². The van der Waals surface area contributed by atoms with Gasteiger partial charge in [0.15, 0.2) is 0 Å². The lowest BCUT2D eigenvalue weighted by Crippen LogP contribution is -2.14. The maximum Gasteiger partial charge on any atom is 0.338 e. The smallest absolute Gasteiger partial charge is 0.338 e. The van der Waals surface area contributed by atoms with Gasteiger partial charge in [0.05, 0.1) is 5.52 Å².